The van der Waals surface area contributed by atoms with Gasteiger partial charge >= 0.3 is 0 Å². The zero-order valence-corrected chi connectivity index (χ0v) is 18.6. The summed E-state index contributed by atoms with van der Waals surface area (Å²) in [6.45, 7) is 2.20. The number of alkyl halides is 1. The lowest BCUT2D eigenvalue weighted by Crippen LogP contribution is -2.16. The molecule has 4 heteroatoms. The summed E-state index contributed by atoms with van der Waals surface area (Å²) >= 11 is 6.19. The summed E-state index contributed by atoms with van der Waals surface area (Å²) in [6, 6.07) is 19.7. The maximum absolute atomic E-state index is 14.3. The van der Waals surface area contributed by atoms with Gasteiger partial charge in [0.15, 0.2) is 7.14 Å². The Hall–Kier alpha value is -0.380. The van der Waals surface area contributed by atoms with Crippen molar-refractivity contribution in [3.8, 4) is 0 Å². The molecule has 0 aliphatic rings. The number of unbranched alkanes of at least 4 members (excludes halogenated alkanes) is 1. The molecular formula is C20H23BrIOP. The van der Waals surface area contributed by atoms with E-state index in [1.165, 1.54) is 5.57 Å². The summed E-state index contributed by atoms with van der Waals surface area (Å²) in [7, 11) is -2.85. The fourth-order valence-corrected chi connectivity index (χ4v) is 7.59. The number of rotatable bonds is 8. The first-order chi connectivity index (χ1) is 11.6. The van der Waals surface area contributed by atoms with Crippen molar-refractivity contribution < 1.29 is 4.57 Å². The molecular weight excluding hydrogens is 494 g/mol. The maximum Gasteiger partial charge on any atom is 0.177 e. The Bertz CT molecular complexity index is 669. The predicted molar refractivity (Wildman–Crippen MR) is 119 cm³/mol. The first kappa shape index (κ1) is 19.9. The molecule has 0 saturated carbocycles. The van der Waals surface area contributed by atoms with Crippen molar-refractivity contribution in [2.24, 2.45) is 0 Å². The zero-order valence-electron chi connectivity index (χ0n) is 13.9. The van der Waals surface area contributed by atoms with Crippen LogP contribution in [0.5, 0.6) is 0 Å². The highest BCUT2D eigenvalue weighted by Crippen LogP contribution is 2.56. The van der Waals surface area contributed by atoms with Gasteiger partial charge in [0.05, 0.1) is 4.22 Å². The summed E-state index contributed by atoms with van der Waals surface area (Å²) in [6.07, 6.45) is 4.26. The van der Waals surface area contributed by atoms with Crippen LogP contribution >= 0.6 is 45.7 Å². The second-order valence-corrected chi connectivity index (χ2v) is 10.9. The minimum Gasteiger partial charge on any atom is -0.308 e. The van der Waals surface area contributed by atoms with Crippen LogP contribution in [0, 0.1) is 0 Å². The molecule has 0 N–H and O–H groups in total. The third-order valence-electron chi connectivity index (χ3n) is 4.04. The smallest absolute Gasteiger partial charge is 0.177 e. The summed E-state index contributed by atoms with van der Waals surface area (Å²) in [5.74, 6) is 0. The van der Waals surface area contributed by atoms with Gasteiger partial charge in [0, 0.05) is 15.0 Å². The van der Waals surface area contributed by atoms with Crippen LogP contribution in [0.4, 0.5) is 0 Å². The molecule has 2 aromatic carbocycles. The van der Waals surface area contributed by atoms with Crippen LogP contribution in [-0.4, -0.2) is 4.43 Å². The van der Waals surface area contributed by atoms with Crippen LogP contribution in [-0.2, 0) is 4.57 Å². The highest BCUT2D eigenvalue weighted by molar-refractivity contribution is 14.1. The van der Waals surface area contributed by atoms with Gasteiger partial charge in [0.2, 0.25) is 0 Å². The molecule has 128 valence electrons. The highest BCUT2D eigenvalue weighted by atomic mass is 127. The molecule has 0 heterocycles. The molecule has 0 saturated heterocycles. The van der Waals surface area contributed by atoms with Gasteiger partial charge < -0.3 is 4.57 Å². The first-order valence-corrected chi connectivity index (χ1v) is 12.3. The van der Waals surface area contributed by atoms with Gasteiger partial charge in [-0.3, -0.25) is 0 Å². The van der Waals surface area contributed by atoms with Crippen molar-refractivity contribution in [1.29, 1.82) is 0 Å². The van der Waals surface area contributed by atoms with Crippen molar-refractivity contribution in [2.45, 2.75) is 32.6 Å². The number of allylic oxidation sites excluding steroid dienone is 1. The molecule has 0 aliphatic heterocycles. The standard InChI is InChI=1S/C20H23BrIOP/c1-2-3-10-17(15-16-22)20(21)24(23,18-11-6-4-7-12-18)19-13-8-5-9-14-19/h4-9,11-14H,2-3,10,15-16H2,1H3/b20-17-. The zero-order chi connectivity index (χ0) is 17.4. The fourth-order valence-electron chi connectivity index (χ4n) is 2.71. The molecule has 1 nitrogen and oxygen atoms in total. The van der Waals surface area contributed by atoms with Gasteiger partial charge in [0.25, 0.3) is 0 Å². The molecule has 0 aromatic heterocycles. The number of hydrogen-bond acceptors (Lipinski definition) is 1. The van der Waals surface area contributed by atoms with Crippen molar-refractivity contribution in [2.75, 3.05) is 4.43 Å². The van der Waals surface area contributed by atoms with E-state index >= 15 is 0 Å². The van der Waals surface area contributed by atoms with Crippen molar-refractivity contribution >= 4 is 56.3 Å². The Labute approximate surface area is 167 Å². The molecule has 0 radical (unpaired) electrons. The molecule has 0 amide bonds. The largest absolute Gasteiger partial charge is 0.308 e. The lowest BCUT2D eigenvalue weighted by molar-refractivity contribution is 0.591. The topological polar surface area (TPSA) is 17.1 Å². The normalized spacial score (nSPS) is 12.8. The lowest BCUT2D eigenvalue weighted by Gasteiger charge is -2.22. The summed E-state index contributed by atoms with van der Waals surface area (Å²) in [5.41, 5.74) is 1.29. The molecule has 0 atom stereocenters. The minimum absolute atomic E-state index is 0.894. The molecule has 2 rings (SSSR count). The van der Waals surface area contributed by atoms with E-state index in [9.17, 15) is 4.57 Å². The number of hydrogen-bond donors (Lipinski definition) is 0. The van der Waals surface area contributed by atoms with Gasteiger partial charge in [0.1, 0.15) is 0 Å². The second kappa shape index (κ2) is 9.94. The summed E-state index contributed by atoms with van der Waals surface area (Å²) in [4.78, 5) is 0. The predicted octanol–water partition coefficient (Wildman–Crippen LogP) is 6.62. The Morgan fingerprint density at radius 3 is 1.88 bits per heavy atom. The minimum atomic E-state index is -2.85. The Balaban J connectivity index is 2.63. The van der Waals surface area contributed by atoms with Crippen molar-refractivity contribution in [1.82, 2.24) is 0 Å². The molecule has 24 heavy (non-hydrogen) atoms. The van der Waals surface area contributed by atoms with Crippen LogP contribution in [0.15, 0.2) is 70.5 Å². The van der Waals surface area contributed by atoms with E-state index in [0.717, 1.165) is 44.9 Å². The van der Waals surface area contributed by atoms with Gasteiger partial charge in [-0.1, -0.05) is 102 Å². The van der Waals surface area contributed by atoms with Crippen LogP contribution in [0.2, 0.25) is 0 Å². The average molecular weight is 517 g/mol. The molecule has 0 spiro atoms. The summed E-state index contributed by atoms with van der Waals surface area (Å²) < 4.78 is 16.2. The van der Waals surface area contributed by atoms with Gasteiger partial charge in [-0.25, -0.2) is 0 Å². The van der Waals surface area contributed by atoms with E-state index in [1.54, 1.807) is 0 Å². The van der Waals surface area contributed by atoms with Crippen LogP contribution in [0.25, 0.3) is 0 Å². The van der Waals surface area contributed by atoms with Crippen LogP contribution in [0.3, 0.4) is 0 Å². The van der Waals surface area contributed by atoms with E-state index < -0.39 is 7.14 Å². The number of halogens is 2. The molecule has 0 aliphatic carbocycles. The van der Waals surface area contributed by atoms with E-state index in [2.05, 4.69) is 45.4 Å². The maximum atomic E-state index is 14.3. The molecule has 0 fully saturated rings. The van der Waals surface area contributed by atoms with E-state index in [1.807, 2.05) is 60.7 Å². The first-order valence-electron chi connectivity index (χ1n) is 8.30. The third-order valence-corrected chi connectivity index (χ3v) is 9.55. The average Bonchev–Trinajstić information content (AvgIpc) is 2.65. The fraction of sp³-hybridized carbons (Fsp3) is 0.300. The Morgan fingerprint density at radius 1 is 0.958 bits per heavy atom. The SMILES string of the molecule is CCCC/C(CCI)=C(\Br)P(=O)(c1ccccc1)c1ccccc1. The third kappa shape index (κ3) is 4.62. The molecule has 2 aromatic rings. The van der Waals surface area contributed by atoms with Crippen LogP contribution < -0.4 is 10.6 Å². The molecule has 0 unspecified atom stereocenters. The lowest BCUT2D eigenvalue weighted by atomic mass is 10.1. The Morgan fingerprint density at radius 2 is 1.46 bits per heavy atom. The van der Waals surface area contributed by atoms with E-state index in [-0.39, 0.29) is 0 Å². The van der Waals surface area contributed by atoms with Crippen LogP contribution in [0.1, 0.15) is 32.6 Å². The van der Waals surface area contributed by atoms with Gasteiger partial charge in [-0.15, -0.1) is 0 Å². The van der Waals surface area contributed by atoms with E-state index in [4.69, 9.17) is 0 Å². The van der Waals surface area contributed by atoms with Gasteiger partial charge in [-0.05, 0) is 35.2 Å². The number of benzene rings is 2. The van der Waals surface area contributed by atoms with Crippen molar-refractivity contribution in [3.63, 3.8) is 0 Å². The van der Waals surface area contributed by atoms with E-state index in [0.29, 0.717) is 0 Å². The molecule has 0 bridgehead atoms. The summed E-state index contributed by atoms with van der Waals surface area (Å²) in [5, 5.41) is 1.79. The Kier molecular flexibility index (Phi) is 8.25. The second-order valence-electron chi connectivity index (χ2n) is 5.72. The highest BCUT2D eigenvalue weighted by Gasteiger charge is 2.32. The van der Waals surface area contributed by atoms with Gasteiger partial charge in [-0.2, -0.15) is 0 Å². The quantitative estimate of drug-likeness (QED) is 0.219. The monoisotopic (exact) mass is 516 g/mol. The van der Waals surface area contributed by atoms with Crippen molar-refractivity contribution in [3.05, 3.63) is 70.5 Å².